The van der Waals surface area contributed by atoms with E-state index in [1.807, 2.05) is 77.1 Å². The Morgan fingerprint density at radius 1 is 0.658 bits per heavy atom. The van der Waals surface area contributed by atoms with Crippen LogP contribution in [-0.4, -0.2) is 38.8 Å². The summed E-state index contributed by atoms with van der Waals surface area (Å²) in [5.41, 5.74) is 2.05. The van der Waals surface area contributed by atoms with Crippen molar-refractivity contribution in [2.45, 2.75) is 34.6 Å². The molecule has 4 rings (SSSR count). The van der Waals surface area contributed by atoms with Crippen molar-refractivity contribution in [3.8, 4) is 39.2 Å². The minimum atomic E-state index is -0.116. The molecule has 1 aromatic heterocycles. The van der Waals surface area contributed by atoms with Crippen LogP contribution in [0.3, 0.4) is 0 Å². The highest BCUT2D eigenvalue weighted by Gasteiger charge is 2.25. The van der Waals surface area contributed by atoms with E-state index in [4.69, 9.17) is 23.7 Å². The Balaban J connectivity index is 1.90. The van der Waals surface area contributed by atoms with Gasteiger partial charge in [-0.2, -0.15) is 0 Å². The van der Waals surface area contributed by atoms with Crippen LogP contribution in [0.4, 0.5) is 0 Å². The van der Waals surface area contributed by atoms with E-state index in [1.54, 1.807) is 23.5 Å². The van der Waals surface area contributed by atoms with Crippen molar-refractivity contribution in [3.05, 3.63) is 65.7 Å². The molecule has 0 radical (unpaired) electrons. The SMILES string of the molecule is CCOc1ccc(-c2sc3cc(OCC)ccc3c2C(=O)c2cc(OCC)c(OCC)c(OCC)c2)cc1. The maximum Gasteiger partial charge on any atom is 0.203 e. The molecule has 0 atom stereocenters. The molecule has 0 saturated heterocycles. The van der Waals surface area contributed by atoms with E-state index < -0.39 is 0 Å². The maximum absolute atomic E-state index is 14.3. The quantitative estimate of drug-likeness (QED) is 0.163. The van der Waals surface area contributed by atoms with Crippen molar-refractivity contribution in [2.75, 3.05) is 33.0 Å². The van der Waals surface area contributed by atoms with Gasteiger partial charge >= 0.3 is 0 Å². The Hall–Kier alpha value is -3.71. The molecule has 0 N–H and O–H groups in total. The Kier molecular flexibility index (Phi) is 9.13. The first-order valence-electron chi connectivity index (χ1n) is 13.1. The lowest BCUT2D eigenvalue weighted by atomic mass is 9.97. The molecule has 6 nitrogen and oxygen atoms in total. The van der Waals surface area contributed by atoms with Crippen LogP contribution in [0.15, 0.2) is 54.6 Å². The Bertz CT molecular complexity index is 1360. The zero-order chi connectivity index (χ0) is 27.1. The molecule has 200 valence electrons. The van der Waals surface area contributed by atoms with Crippen molar-refractivity contribution in [1.29, 1.82) is 0 Å². The fourth-order valence-electron chi connectivity index (χ4n) is 4.30. The second-order valence-electron chi connectivity index (χ2n) is 8.28. The molecule has 4 aromatic rings. The Morgan fingerprint density at radius 2 is 1.21 bits per heavy atom. The van der Waals surface area contributed by atoms with Gasteiger partial charge in [0.25, 0.3) is 0 Å². The monoisotopic (exact) mass is 534 g/mol. The predicted molar refractivity (Wildman–Crippen MR) is 153 cm³/mol. The van der Waals surface area contributed by atoms with E-state index in [9.17, 15) is 4.79 Å². The molecule has 1 heterocycles. The summed E-state index contributed by atoms with van der Waals surface area (Å²) in [6.45, 7) is 12.1. The predicted octanol–water partition coefficient (Wildman–Crippen LogP) is 7.79. The molecule has 0 aliphatic heterocycles. The van der Waals surface area contributed by atoms with Crippen molar-refractivity contribution in [3.63, 3.8) is 0 Å². The van der Waals surface area contributed by atoms with Gasteiger partial charge in [0, 0.05) is 26.1 Å². The molecule has 38 heavy (non-hydrogen) atoms. The van der Waals surface area contributed by atoms with Crippen LogP contribution >= 0.6 is 11.3 Å². The lowest BCUT2D eigenvalue weighted by molar-refractivity contribution is 0.104. The third-order valence-electron chi connectivity index (χ3n) is 5.80. The van der Waals surface area contributed by atoms with Crippen LogP contribution in [0.1, 0.15) is 50.5 Å². The molecule has 7 heteroatoms. The number of ketones is 1. The second kappa shape index (κ2) is 12.7. The lowest BCUT2D eigenvalue weighted by Crippen LogP contribution is -2.07. The summed E-state index contributed by atoms with van der Waals surface area (Å²) in [5, 5.41) is 0.872. The highest BCUT2D eigenvalue weighted by molar-refractivity contribution is 7.22. The third kappa shape index (κ3) is 5.73. The first kappa shape index (κ1) is 27.3. The molecule has 0 amide bonds. The second-order valence-corrected chi connectivity index (χ2v) is 9.34. The molecule has 0 fully saturated rings. The van der Waals surface area contributed by atoms with Gasteiger partial charge < -0.3 is 23.7 Å². The van der Waals surface area contributed by atoms with Crippen LogP contribution < -0.4 is 23.7 Å². The lowest BCUT2D eigenvalue weighted by Gasteiger charge is -2.17. The standard InChI is InChI=1S/C31H34O6S/c1-6-33-22-13-11-20(12-14-22)31-28(24-16-15-23(34-7-2)19-27(24)38-31)29(32)21-17-25(35-8-3)30(37-10-5)26(18-21)36-9-4/h11-19H,6-10H2,1-5H3. The molecule has 0 aliphatic carbocycles. The number of fused-ring (bicyclic) bond motifs is 1. The maximum atomic E-state index is 14.3. The summed E-state index contributed by atoms with van der Waals surface area (Å²) in [4.78, 5) is 15.2. The number of thiophene rings is 1. The molecule has 0 aliphatic rings. The number of rotatable bonds is 13. The smallest absolute Gasteiger partial charge is 0.203 e. The fraction of sp³-hybridized carbons (Fsp3) is 0.323. The van der Waals surface area contributed by atoms with Gasteiger partial charge in [-0.1, -0.05) is 0 Å². The zero-order valence-corrected chi connectivity index (χ0v) is 23.4. The van der Waals surface area contributed by atoms with E-state index in [1.165, 1.54) is 0 Å². The molecular weight excluding hydrogens is 500 g/mol. The summed E-state index contributed by atoms with van der Waals surface area (Å²) in [5.74, 6) is 2.94. The van der Waals surface area contributed by atoms with E-state index in [0.717, 1.165) is 32.0 Å². The number of ether oxygens (including phenoxy) is 5. The van der Waals surface area contributed by atoms with Crippen molar-refractivity contribution in [1.82, 2.24) is 0 Å². The molecule has 0 saturated carbocycles. The Labute approximate surface area is 228 Å². The van der Waals surface area contributed by atoms with Gasteiger partial charge in [0.15, 0.2) is 17.3 Å². The largest absolute Gasteiger partial charge is 0.494 e. The van der Waals surface area contributed by atoms with Crippen LogP contribution in [0.2, 0.25) is 0 Å². The van der Waals surface area contributed by atoms with Gasteiger partial charge in [0.2, 0.25) is 5.75 Å². The first-order chi connectivity index (χ1) is 18.5. The summed E-state index contributed by atoms with van der Waals surface area (Å²) < 4.78 is 29.9. The van der Waals surface area contributed by atoms with Gasteiger partial charge in [0.05, 0.1) is 33.0 Å². The van der Waals surface area contributed by atoms with E-state index in [0.29, 0.717) is 61.4 Å². The average molecular weight is 535 g/mol. The minimum Gasteiger partial charge on any atom is -0.494 e. The summed E-state index contributed by atoms with van der Waals surface area (Å²) in [7, 11) is 0. The van der Waals surface area contributed by atoms with Crippen LogP contribution in [-0.2, 0) is 0 Å². The third-order valence-corrected chi connectivity index (χ3v) is 7.00. The minimum absolute atomic E-state index is 0.116. The van der Waals surface area contributed by atoms with E-state index in [2.05, 4.69) is 0 Å². The van der Waals surface area contributed by atoms with Crippen molar-refractivity contribution < 1.29 is 28.5 Å². The molecular formula is C31H34O6S. The first-order valence-corrected chi connectivity index (χ1v) is 13.9. The summed E-state index contributed by atoms with van der Waals surface area (Å²) >= 11 is 1.57. The molecule has 0 bridgehead atoms. The van der Waals surface area contributed by atoms with Crippen molar-refractivity contribution >= 4 is 27.2 Å². The number of benzene rings is 3. The van der Waals surface area contributed by atoms with Gasteiger partial charge in [0.1, 0.15) is 11.5 Å². The Morgan fingerprint density at radius 3 is 1.79 bits per heavy atom. The van der Waals surface area contributed by atoms with Crippen LogP contribution in [0.25, 0.3) is 20.5 Å². The van der Waals surface area contributed by atoms with Crippen LogP contribution in [0.5, 0.6) is 28.7 Å². The summed E-state index contributed by atoms with van der Waals surface area (Å²) in [6, 6.07) is 17.2. The number of carbonyl (C=O) groups excluding carboxylic acids is 1. The summed E-state index contributed by atoms with van der Waals surface area (Å²) in [6.07, 6.45) is 0. The topological polar surface area (TPSA) is 63.2 Å². The molecule has 3 aromatic carbocycles. The van der Waals surface area contributed by atoms with Crippen LogP contribution in [0, 0.1) is 0 Å². The molecule has 0 spiro atoms. The van der Waals surface area contributed by atoms with E-state index >= 15 is 0 Å². The van der Waals surface area contributed by atoms with Gasteiger partial charge in [-0.25, -0.2) is 0 Å². The average Bonchev–Trinajstić information content (AvgIpc) is 3.30. The van der Waals surface area contributed by atoms with E-state index in [-0.39, 0.29) is 5.78 Å². The number of hydrogen-bond acceptors (Lipinski definition) is 7. The number of hydrogen-bond donors (Lipinski definition) is 0. The number of carbonyl (C=O) groups is 1. The fourth-order valence-corrected chi connectivity index (χ4v) is 5.53. The highest BCUT2D eigenvalue weighted by atomic mass is 32.1. The van der Waals surface area contributed by atoms with Gasteiger partial charge in [-0.15, -0.1) is 11.3 Å². The normalized spacial score (nSPS) is 10.9. The molecule has 0 unspecified atom stereocenters. The zero-order valence-electron chi connectivity index (χ0n) is 22.6. The van der Waals surface area contributed by atoms with Crippen molar-refractivity contribution in [2.24, 2.45) is 0 Å². The highest BCUT2D eigenvalue weighted by Crippen LogP contribution is 2.44. The van der Waals surface area contributed by atoms with Gasteiger partial charge in [-0.3, -0.25) is 4.79 Å². The van der Waals surface area contributed by atoms with Gasteiger partial charge in [-0.05, 0) is 94.8 Å².